The fourth-order valence-electron chi connectivity index (χ4n) is 2.89. The largest absolute Gasteiger partial charge is 0.294 e. The number of thioether (sulfide) groups is 1. The first-order valence-electron chi connectivity index (χ1n) is 8.55. The van der Waals surface area contributed by atoms with E-state index in [0.29, 0.717) is 6.42 Å². The Hall–Kier alpha value is -2.73. The molecule has 0 bridgehead atoms. The van der Waals surface area contributed by atoms with Crippen molar-refractivity contribution in [3.05, 3.63) is 66.0 Å². The maximum absolute atomic E-state index is 12.2. The molecule has 130 valence electrons. The van der Waals surface area contributed by atoms with Gasteiger partial charge in [0.05, 0.1) is 5.52 Å². The van der Waals surface area contributed by atoms with Crippen molar-refractivity contribution in [2.24, 2.45) is 0 Å². The molecule has 4 rings (SSSR count). The molecular formula is C20H18N4OS. The first-order chi connectivity index (χ1) is 12.7. The van der Waals surface area contributed by atoms with Crippen molar-refractivity contribution < 1.29 is 4.79 Å². The van der Waals surface area contributed by atoms with Crippen molar-refractivity contribution in [1.82, 2.24) is 19.6 Å². The van der Waals surface area contributed by atoms with E-state index in [0.717, 1.165) is 45.3 Å². The topological polar surface area (TPSA) is 60.2 Å². The summed E-state index contributed by atoms with van der Waals surface area (Å²) in [7, 11) is 0. The van der Waals surface area contributed by atoms with Gasteiger partial charge in [0.15, 0.2) is 16.6 Å². The second-order valence-corrected chi connectivity index (χ2v) is 7.11. The minimum absolute atomic E-state index is 0.180. The second kappa shape index (κ2) is 7.25. The van der Waals surface area contributed by atoms with Crippen LogP contribution < -0.4 is 0 Å². The Morgan fingerprint density at radius 1 is 1.04 bits per heavy atom. The minimum atomic E-state index is 0.180. The van der Waals surface area contributed by atoms with Gasteiger partial charge in [0.2, 0.25) is 0 Å². The Bertz CT molecular complexity index is 1080. The van der Waals surface area contributed by atoms with Crippen LogP contribution in [0, 0.1) is 6.92 Å². The molecule has 0 radical (unpaired) electrons. The molecule has 5 nitrogen and oxygen atoms in total. The third-order valence-electron chi connectivity index (χ3n) is 4.13. The van der Waals surface area contributed by atoms with E-state index in [2.05, 4.69) is 10.1 Å². The Balaban J connectivity index is 1.49. The van der Waals surface area contributed by atoms with Crippen molar-refractivity contribution in [2.75, 3.05) is 5.75 Å². The number of hydrogen-bond donors (Lipinski definition) is 0. The smallest absolute Gasteiger partial charge is 0.191 e. The number of rotatable bonds is 6. The number of carbonyl (C=O) groups is 1. The number of carbonyl (C=O) groups excluding carboxylic acids is 1. The van der Waals surface area contributed by atoms with E-state index in [1.807, 2.05) is 61.5 Å². The van der Waals surface area contributed by atoms with Crippen LogP contribution in [0.4, 0.5) is 0 Å². The van der Waals surface area contributed by atoms with Gasteiger partial charge in [-0.3, -0.25) is 4.79 Å². The number of aromatic nitrogens is 4. The first-order valence-corrected chi connectivity index (χ1v) is 9.54. The monoisotopic (exact) mass is 362 g/mol. The molecule has 0 fully saturated rings. The van der Waals surface area contributed by atoms with Crippen molar-refractivity contribution in [3.8, 4) is 0 Å². The van der Waals surface area contributed by atoms with Crippen molar-refractivity contribution in [2.45, 2.75) is 24.9 Å². The molecule has 0 aliphatic rings. The average molecular weight is 362 g/mol. The summed E-state index contributed by atoms with van der Waals surface area (Å²) in [6, 6.07) is 17.4. The van der Waals surface area contributed by atoms with Crippen LogP contribution in [0.25, 0.3) is 16.6 Å². The van der Waals surface area contributed by atoms with Gasteiger partial charge in [-0.1, -0.05) is 54.2 Å². The van der Waals surface area contributed by atoms with Crippen LogP contribution >= 0.6 is 11.8 Å². The first kappa shape index (κ1) is 16.7. The van der Waals surface area contributed by atoms with E-state index < -0.39 is 0 Å². The summed E-state index contributed by atoms with van der Waals surface area (Å²) in [6.07, 6.45) is 1.33. The molecular weight excluding hydrogens is 344 g/mol. The van der Waals surface area contributed by atoms with Crippen LogP contribution in [-0.4, -0.2) is 31.1 Å². The van der Waals surface area contributed by atoms with Crippen molar-refractivity contribution >= 4 is 34.1 Å². The van der Waals surface area contributed by atoms with Gasteiger partial charge in [-0.2, -0.15) is 4.52 Å². The summed E-state index contributed by atoms with van der Waals surface area (Å²) in [4.78, 5) is 21.5. The Morgan fingerprint density at radius 2 is 1.81 bits per heavy atom. The lowest BCUT2D eigenvalue weighted by Gasteiger charge is -2.06. The van der Waals surface area contributed by atoms with Crippen molar-refractivity contribution in [1.29, 1.82) is 0 Å². The molecule has 0 atom stereocenters. The number of nitrogens with zero attached hydrogens (tertiary/aromatic N) is 4. The lowest BCUT2D eigenvalue weighted by atomic mass is 10.1. The standard InChI is InChI=1S/C20H18N4OS/c1-14-21-19-16-10-5-6-11-17(16)22-20(24(19)23-14)26-13-7-12-18(25)15-8-3-2-4-9-15/h2-6,8-11H,7,12-13H2,1H3. The lowest BCUT2D eigenvalue weighted by molar-refractivity contribution is 0.0982. The normalized spacial score (nSPS) is 11.3. The third-order valence-corrected chi connectivity index (χ3v) is 5.15. The molecule has 0 N–H and O–H groups in total. The molecule has 2 aromatic heterocycles. The Labute approximate surface area is 155 Å². The highest BCUT2D eigenvalue weighted by atomic mass is 32.2. The molecule has 4 aromatic rings. The summed E-state index contributed by atoms with van der Waals surface area (Å²) in [5, 5.41) is 6.29. The SMILES string of the molecule is Cc1nc2c3ccccc3nc(SCCCC(=O)c3ccccc3)n2n1. The van der Waals surface area contributed by atoms with Gasteiger partial charge in [0, 0.05) is 23.1 Å². The van der Waals surface area contributed by atoms with Crippen LogP contribution in [0.3, 0.4) is 0 Å². The minimum Gasteiger partial charge on any atom is -0.294 e. The molecule has 0 spiro atoms. The highest BCUT2D eigenvalue weighted by Gasteiger charge is 2.12. The predicted octanol–water partition coefficient (Wildman–Crippen LogP) is 4.34. The van der Waals surface area contributed by atoms with Crippen LogP contribution in [0.5, 0.6) is 0 Å². The molecule has 6 heteroatoms. The second-order valence-electron chi connectivity index (χ2n) is 6.05. The summed E-state index contributed by atoms with van der Waals surface area (Å²) in [5.74, 6) is 1.71. The summed E-state index contributed by atoms with van der Waals surface area (Å²) in [6.45, 7) is 1.88. The van der Waals surface area contributed by atoms with Gasteiger partial charge in [-0.15, -0.1) is 5.10 Å². The number of benzene rings is 2. The van der Waals surface area contributed by atoms with Crippen LogP contribution in [-0.2, 0) is 0 Å². The van der Waals surface area contributed by atoms with E-state index in [1.165, 1.54) is 0 Å². The number of para-hydroxylation sites is 1. The van der Waals surface area contributed by atoms with Gasteiger partial charge in [0.1, 0.15) is 5.82 Å². The molecule has 0 saturated carbocycles. The maximum atomic E-state index is 12.2. The number of hydrogen-bond acceptors (Lipinski definition) is 5. The average Bonchev–Trinajstić information content (AvgIpc) is 3.07. The lowest BCUT2D eigenvalue weighted by Crippen LogP contribution is -2.01. The zero-order valence-corrected chi connectivity index (χ0v) is 15.2. The number of aryl methyl sites for hydroxylation is 1. The molecule has 0 unspecified atom stereocenters. The fraction of sp³-hybridized carbons (Fsp3) is 0.200. The van der Waals surface area contributed by atoms with Gasteiger partial charge in [-0.25, -0.2) is 9.97 Å². The van der Waals surface area contributed by atoms with Gasteiger partial charge >= 0.3 is 0 Å². The predicted molar refractivity (Wildman–Crippen MR) is 104 cm³/mol. The number of Topliss-reactive ketones (excluding diaryl/α,β-unsaturated/α-hetero) is 1. The van der Waals surface area contributed by atoms with E-state index >= 15 is 0 Å². The Kier molecular flexibility index (Phi) is 4.67. The van der Waals surface area contributed by atoms with E-state index in [9.17, 15) is 4.79 Å². The van der Waals surface area contributed by atoms with Gasteiger partial charge in [-0.05, 0) is 25.5 Å². The molecule has 0 saturated heterocycles. The molecule has 2 aromatic carbocycles. The number of fused-ring (bicyclic) bond motifs is 3. The zero-order valence-electron chi connectivity index (χ0n) is 14.4. The summed E-state index contributed by atoms with van der Waals surface area (Å²) < 4.78 is 1.81. The van der Waals surface area contributed by atoms with Crippen LogP contribution in [0.1, 0.15) is 29.0 Å². The number of ketones is 1. The van der Waals surface area contributed by atoms with Crippen LogP contribution in [0.15, 0.2) is 59.8 Å². The molecule has 0 aliphatic carbocycles. The molecule has 26 heavy (non-hydrogen) atoms. The Morgan fingerprint density at radius 3 is 2.65 bits per heavy atom. The maximum Gasteiger partial charge on any atom is 0.191 e. The summed E-state index contributed by atoms with van der Waals surface area (Å²) >= 11 is 1.61. The molecule has 2 heterocycles. The van der Waals surface area contributed by atoms with E-state index in [1.54, 1.807) is 16.3 Å². The highest BCUT2D eigenvalue weighted by molar-refractivity contribution is 7.99. The zero-order chi connectivity index (χ0) is 17.9. The molecule has 0 aliphatic heterocycles. The van der Waals surface area contributed by atoms with Gasteiger partial charge in [0.25, 0.3) is 0 Å². The highest BCUT2D eigenvalue weighted by Crippen LogP contribution is 2.24. The summed E-state index contributed by atoms with van der Waals surface area (Å²) in [5.41, 5.74) is 2.52. The quantitative estimate of drug-likeness (QED) is 0.221. The van der Waals surface area contributed by atoms with Crippen LogP contribution in [0.2, 0.25) is 0 Å². The fourth-order valence-corrected chi connectivity index (χ4v) is 3.78. The van der Waals surface area contributed by atoms with Gasteiger partial charge < -0.3 is 0 Å². The van der Waals surface area contributed by atoms with Crippen molar-refractivity contribution in [3.63, 3.8) is 0 Å². The van der Waals surface area contributed by atoms with E-state index in [-0.39, 0.29) is 5.78 Å². The van der Waals surface area contributed by atoms with E-state index in [4.69, 9.17) is 4.98 Å². The molecule has 0 amide bonds. The third kappa shape index (κ3) is 3.32.